The van der Waals surface area contributed by atoms with E-state index in [1.807, 2.05) is 31.4 Å². The van der Waals surface area contributed by atoms with Gasteiger partial charge in [-0.2, -0.15) is 0 Å². The maximum Gasteiger partial charge on any atom is 0.0968 e. The van der Waals surface area contributed by atoms with Gasteiger partial charge in [-0.25, -0.2) is 0 Å². The first kappa shape index (κ1) is 10.3. The van der Waals surface area contributed by atoms with Crippen molar-refractivity contribution in [3.8, 4) is 11.8 Å². The Morgan fingerprint density at radius 1 is 1.62 bits per heavy atom. The van der Waals surface area contributed by atoms with Gasteiger partial charge in [-0.3, -0.25) is 0 Å². The lowest BCUT2D eigenvalue weighted by atomic mass is 9.98. The fourth-order valence-corrected chi connectivity index (χ4v) is 1.96. The van der Waals surface area contributed by atoms with Crippen LogP contribution in [0.1, 0.15) is 31.6 Å². The Balaban J connectivity index is 2.59. The van der Waals surface area contributed by atoms with E-state index in [0.717, 1.165) is 11.3 Å². The summed E-state index contributed by atoms with van der Waals surface area (Å²) in [7, 11) is 0. The molecule has 2 heteroatoms. The highest BCUT2D eigenvalue weighted by atomic mass is 32.1. The van der Waals surface area contributed by atoms with Gasteiger partial charge in [0.2, 0.25) is 0 Å². The van der Waals surface area contributed by atoms with Crippen LogP contribution in [0, 0.1) is 11.8 Å². The summed E-state index contributed by atoms with van der Waals surface area (Å²) < 4.78 is 0. The molecule has 0 radical (unpaired) electrons. The van der Waals surface area contributed by atoms with Gasteiger partial charge in [0.25, 0.3) is 0 Å². The van der Waals surface area contributed by atoms with Gasteiger partial charge in [-0.1, -0.05) is 6.07 Å². The average molecular weight is 194 g/mol. The minimum Gasteiger partial charge on any atom is -0.385 e. The topological polar surface area (TPSA) is 20.2 Å². The summed E-state index contributed by atoms with van der Waals surface area (Å²) in [5.41, 5.74) is -0.710. The van der Waals surface area contributed by atoms with Gasteiger partial charge in [0.05, 0.1) is 5.60 Å². The predicted molar refractivity (Wildman–Crippen MR) is 56.6 cm³/mol. The van der Waals surface area contributed by atoms with Crippen molar-refractivity contribution in [3.63, 3.8) is 0 Å². The number of rotatable bonds is 3. The van der Waals surface area contributed by atoms with Crippen LogP contribution in [-0.4, -0.2) is 5.11 Å². The van der Waals surface area contributed by atoms with Gasteiger partial charge >= 0.3 is 0 Å². The molecule has 1 unspecified atom stereocenters. The predicted octanol–water partition coefficient (Wildman–Crippen LogP) is 2.76. The lowest BCUT2D eigenvalue weighted by molar-refractivity contribution is 0.0532. The fraction of sp³-hybridized carbons (Fsp3) is 0.455. The van der Waals surface area contributed by atoms with Crippen molar-refractivity contribution in [1.29, 1.82) is 0 Å². The first-order chi connectivity index (χ1) is 6.17. The number of hydrogen-bond acceptors (Lipinski definition) is 2. The Labute approximate surface area is 83.4 Å². The molecule has 1 nitrogen and oxygen atoms in total. The van der Waals surface area contributed by atoms with Crippen molar-refractivity contribution in [2.75, 3.05) is 0 Å². The minimum atomic E-state index is -0.710. The van der Waals surface area contributed by atoms with Gasteiger partial charge in [-0.15, -0.1) is 23.2 Å². The molecule has 0 amide bonds. The van der Waals surface area contributed by atoms with Crippen LogP contribution >= 0.6 is 11.3 Å². The molecule has 1 N–H and O–H groups in total. The van der Waals surface area contributed by atoms with E-state index in [9.17, 15) is 5.11 Å². The molecule has 0 saturated carbocycles. The average Bonchev–Trinajstić information content (AvgIpc) is 2.56. The molecule has 1 heterocycles. The largest absolute Gasteiger partial charge is 0.385 e. The molecule has 0 aliphatic carbocycles. The second kappa shape index (κ2) is 4.45. The molecule has 1 atom stereocenters. The summed E-state index contributed by atoms with van der Waals surface area (Å²) in [6, 6.07) is 3.92. The van der Waals surface area contributed by atoms with Crippen molar-refractivity contribution in [2.24, 2.45) is 0 Å². The van der Waals surface area contributed by atoms with E-state index in [1.54, 1.807) is 11.3 Å². The number of aliphatic hydroxyl groups is 1. The van der Waals surface area contributed by atoms with Crippen molar-refractivity contribution in [3.05, 3.63) is 22.4 Å². The molecule has 0 fully saturated rings. The van der Waals surface area contributed by atoms with Crippen molar-refractivity contribution in [1.82, 2.24) is 0 Å². The summed E-state index contributed by atoms with van der Waals surface area (Å²) in [4.78, 5) is 1.02. The van der Waals surface area contributed by atoms with E-state index in [-0.39, 0.29) is 0 Å². The molecule has 1 aromatic rings. The highest BCUT2D eigenvalue weighted by Gasteiger charge is 2.22. The first-order valence-corrected chi connectivity index (χ1v) is 5.21. The number of thiophene rings is 1. The van der Waals surface area contributed by atoms with E-state index >= 15 is 0 Å². The van der Waals surface area contributed by atoms with Crippen LogP contribution in [0.15, 0.2) is 17.5 Å². The summed E-state index contributed by atoms with van der Waals surface area (Å²) in [6.07, 6.45) is 1.45. The molecule has 13 heavy (non-hydrogen) atoms. The van der Waals surface area contributed by atoms with E-state index < -0.39 is 5.60 Å². The van der Waals surface area contributed by atoms with Crippen LogP contribution in [0.25, 0.3) is 0 Å². The third kappa shape index (κ3) is 2.87. The van der Waals surface area contributed by atoms with Gasteiger partial charge < -0.3 is 5.11 Å². The Hall–Kier alpha value is -0.780. The van der Waals surface area contributed by atoms with Gasteiger partial charge in [0.1, 0.15) is 0 Å². The highest BCUT2D eigenvalue weighted by Crippen LogP contribution is 2.29. The Morgan fingerprint density at radius 3 is 2.92 bits per heavy atom. The molecule has 0 aromatic carbocycles. The molecule has 0 aliphatic rings. The molecule has 0 aliphatic heterocycles. The van der Waals surface area contributed by atoms with Crippen molar-refractivity contribution in [2.45, 2.75) is 32.3 Å². The van der Waals surface area contributed by atoms with Gasteiger partial charge in [0.15, 0.2) is 0 Å². The third-order valence-electron chi connectivity index (χ3n) is 1.97. The van der Waals surface area contributed by atoms with Crippen LogP contribution in [0.4, 0.5) is 0 Å². The second-order valence-corrected chi connectivity index (χ2v) is 4.13. The highest BCUT2D eigenvalue weighted by molar-refractivity contribution is 7.10. The SMILES string of the molecule is CC#CCCC(C)(O)c1cccs1. The van der Waals surface area contributed by atoms with Gasteiger partial charge in [-0.05, 0) is 31.7 Å². The van der Waals surface area contributed by atoms with Crippen LogP contribution < -0.4 is 0 Å². The Kier molecular flexibility index (Phi) is 3.53. The Bertz CT molecular complexity index is 301. The molecule has 70 valence electrons. The Morgan fingerprint density at radius 2 is 2.38 bits per heavy atom. The summed E-state index contributed by atoms with van der Waals surface area (Å²) in [6.45, 7) is 3.66. The van der Waals surface area contributed by atoms with Crippen molar-refractivity contribution >= 4 is 11.3 Å². The quantitative estimate of drug-likeness (QED) is 0.734. The third-order valence-corrected chi connectivity index (χ3v) is 3.09. The molecule has 0 saturated heterocycles. The molecule has 1 rings (SSSR count). The summed E-state index contributed by atoms with van der Waals surface area (Å²) >= 11 is 1.59. The zero-order valence-electron chi connectivity index (χ0n) is 8.00. The molecular formula is C11H14OS. The van der Waals surface area contributed by atoms with Crippen LogP contribution in [-0.2, 0) is 5.60 Å². The van der Waals surface area contributed by atoms with Crippen LogP contribution in [0.2, 0.25) is 0 Å². The normalized spacial score (nSPS) is 14.4. The smallest absolute Gasteiger partial charge is 0.0968 e. The molecular weight excluding hydrogens is 180 g/mol. The van der Waals surface area contributed by atoms with Crippen molar-refractivity contribution < 1.29 is 5.11 Å². The summed E-state index contributed by atoms with van der Waals surface area (Å²) in [5, 5.41) is 12.0. The molecule has 0 bridgehead atoms. The lowest BCUT2D eigenvalue weighted by Gasteiger charge is -2.20. The maximum absolute atomic E-state index is 10.0. The standard InChI is InChI=1S/C11H14OS/c1-3-4-5-8-11(2,12)10-7-6-9-13-10/h6-7,9,12H,5,8H2,1-2H3. The second-order valence-electron chi connectivity index (χ2n) is 3.18. The molecule has 0 spiro atoms. The van der Waals surface area contributed by atoms with E-state index in [1.165, 1.54) is 0 Å². The lowest BCUT2D eigenvalue weighted by Crippen LogP contribution is -2.18. The van der Waals surface area contributed by atoms with Crippen LogP contribution in [0.5, 0.6) is 0 Å². The summed E-state index contributed by atoms with van der Waals surface area (Å²) in [5.74, 6) is 5.79. The first-order valence-electron chi connectivity index (χ1n) is 4.33. The van der Waals surface area contributed by atoms with E-state index in [4.69, 9.17) is 0 Å². The van der Waals surface area contributed by atoms with Crippen LogP contribution in [0.3, 0.4) is 0 Å². The van der Waals surface area contributed by atoms with E-state index in [0.29, 0.717) is 6.42 Å². The zero-order valence-corrected chi connectivity index (χ0v) is 8.82. The minimum absolute atomic E-state index is 0.703. The monoisotopic (exact) mass is 194 g/mol. The van der Waals surface area contributed by atoms with E-state index in [2.05, 4.69) is 11.8 Å². The zero-order chi connectivity index (χ0) is 9.73. The molecule has 1 aromatic heterocycles. The maximum atomic E-state index is 10.0. The van der Waals surface area contributed by atoms with Gasteiger partial charge in [0, 0.05) is 11.3 Å². The number of hydrogen-bond donors (Lipinski definition) is 1. The fourth-order valence-electron chi connectivity index (χ4n) is 1.14.